The van der Waals surface area contributed by atoms with Gasteiger partial charge < -0.3 is 0 Å². The molecule has 1 aromatic heterocycles. The van der Waals surface area contributed by atoms with E-state index in [-0.39, 0.29) is 0 Å². The summed E-state index contributed by atoms with van der Waals surface area (Å²) in [6.07, 6.45) is -3.68. The van der Waals surface area contributed by atoms with Gasteiger partial charge in [-0.05, 0) is 0 Å². The molecule has 65 valence electrons. The van der Waals surface area contributed by atoms with Gasteiger partial charge in [0.1, 0.15) is 6.20 Å². The minimum atomic E-state index is -4.88. The highest BCUT2D eigenvalue weighted by Crippen LogP contribution is 2.25. The minimum Gasteiger partial charge on any atom is -0.219 e. The van der Waals surface area contributed by atoms with E-state index in [2.05, 4.69) is 9.97 Å². The summed E-state index contributed by atoms with van der Waals surface area (Å²) in [6.45, 7) is 0. The van der Waals surface area contributed by atoms with Gasteiger partial charge in [0.25, 0.3) is 5.95 Å². The molecule has 0 saturated carbocycles. The first-order chi connectivity index (χ1) is 5.41. The van der Waals surface area contributed by atoms with Crippen LogP contribution in [-0.2, 0) is 6.18 Å². The van der Waals surface area contributed by atoms with E-state index in [9.17, 15) is 22.0 Å². The Bertz CT molecular complexity index is 294. The number of nitrogens with zero attached hydrogens (tertiary/aromatic N) is 2. The van der Waals surface area contributed by atoms with Crippen molar-refractivity contribution in [2.75, 3.05) is 0 Å². The molecule has 0 N–H and O–H groups in total. The van der Waals surface area contributed by atoms with Crippen molar-refractivity contribution in [3.05, 3.63) is 23.8 Å². The molecule has 1 radical (unpaired) electrons. The van der Waals surface area contributed by atoms with E-state index >= 15 is 0 Å². The molecule has 0 fully saturated rings. The standard InChI is InChI=1S/C5F5N2/c6-2-1-11-4(5(8,9)10)12-3(2)7. The Hall–Kier alpha value is -1.27. The topological polar surface area (TPSA) is 25.8 Å². The molecule has 0 amide bonds. The van der Waals surface area contributed by atoms with Crippen LogP contribution in [0.15, 0.2) is 0 Å². The maximum absolute atomic E-state index is 12.1. The quantitative estimate of drug-likeness (QED) is 0.450. The number of rotatable bonds is 0. The van der Waals surface area contributed by atoms with Gasteiger partial charge in [0, 0.05) is 0 Å². The molecule has 0 bridgehead atoms. The van der Waals surface area contributed by atoms with Crippen LogP contribution in [0.1, 0.15) is 5.82 Å². The van der Waals surface area contributed by atoms with Crippen molar-refractivity contribution >= 4 is 0 Å². The summed E-state index contributed by atoms with van der Waals surface area (Å²) < 4.78 is 59.0. The van der Waals surface area contributed by atoms with Gasteiger partial charge in [-0.3, -0.25) is 0 Å². The van der Waals surface area contributed by atoms with E-state index in [4.69, 9.17) is 0 Å². The van der Waals surface area contributed by atoms with Crippen LogP contribution >= 0.6 is 0 Å². The fraction of sp³-hybridized carbons (Fsp3) is 0.200. The average Bonchev–Trinajstić information content (AvgIpc) is 1.92. The summed E-state index contributed by atoms with van der Waals surface area (Å²) in [5, 5.41) is 0. The summed E-state index contributed by atoms with van der Waals surface area (Å²) in [7, 11) is 0. The maximum Gasteiger partial charge on any atom is 0.451 e. The maximum atomic E-state index is 12.1. The molecule has 2 nitrogen and oxygen atoms in total. The Kier molecular flexibility index (Phi) is 1.95. The highest BCUT2D eigenvalue weighted by molar-refractivity contribution is 4.95. The zero-order valence-electron chi connectivity index (χ0n) is 5.28. The van der Waals surface area contributed by atoms with Crippen LogP contribution in [0.25, 0.3) is 0 Å². The van der Waals surface area contributed by atoms with E-state index < -0.39 is 23.8 Å². The first kappa shape index (κ1) is 8.82. The summed E-state index contributed by atoms with van der Waals surface area (Å²) in [4.78, 5) is 4.67. The molecular formula is C5F5N2. The monoisotopic (exact) mass is 183 g/mol. The molecule has 0 spiro atoms. The molecule has 7 heteroatoms. The first-order valence-electron chi connectivity index (χ1n) is 2.59. The predicted molar refractivity (Wildman–Crippen MR) is 25.8 cm³/mol. The molecule has 12 heavy (non-hydrogen) atoms. The number of hydrogen-bond donors (Lipinski definition) is 0. The molecule has 0 saturated heterocycles. The minimum absolute atomic E-state index is 1.20. The zero-order chi connectivity index (χ0) is 9.35. The summed E-state index contributed by atoms with van der Waals surface area (Å²) in [5.74, 6) is -5.25. The zero-order valence-corrected chi connectivity index (χ0v) is 5.28. The number of aromatic nitrogens is 2. The lowest BCUT2D eigenvalue weighted by molar-refractivity contribution is -0.145. The van der Waals surface area contributed by atoms with Crippen molar-refractivity contribution in [2.45, 2.75) is 6.18 Å². The van der Waals surface area contributed by atoms with Gasteiger partial charge in [0.2, 0.25) is 11.6 Å². The van der Waals surface area contributed by atoms with Crippen molar-refractivity contribution in [1.82, 2.24) is 9.97 Å². The Morgan fingerprint density at radius 2 is 1.75 bits per heavy atom. The van der Waals surface area contributed by atoms with Crippen molar-refractivity contribution in [1.29, 1.82) is 0 Å². The fourth-order valence-corrected chi connectivity index (χ4v) is 0.442. The Labute approximate surface area is 63.1 Å². The molecular weight excluding hydrogens is 183 g/mol. The van der Waals surface area contributed by atoms with E-state index in [0.29, 0.717) is 0 Å². The summed E-state index contributed by atoms with van der Waals surface area (Å²) in [6, 6.07) is 0. The summed E-state index contributed by atoms with van der Waals surface area (Å²) >= 11 is 0. The van der Waals surface area contributed by atoms with Gasteiger partial charge in [0.15, 0.2) is 0 Å². The SMILES string of the molecule is Fc1[c]nc(C(F)(F)F)nc1F. The van der Waals surface area contributed by atoms with E-state index in [1.165, 1.54) is 6.20 Å². The fourth-order valence-electron chi connectivity index (χ4n) is 0.442. The van der Waals surface area contributed by atoms with Gasteiger partial charge in [-0.15, -0.1) is 0 Å². The third-order valence-electron chi connectivity index (χ3n) is 0.899. The molecule has 0 aromatic carbocycles. The molecule has 1 heterocycles. The van der Waals surface area contributed by atoms with Crippen LogP contribution in [0.5, 0.6) is 0 Å². The molecule has 0 aliphatic carbocycles. The molecule has 1 aromatic rings. The summed E-state index contributed by atoms with van der Waals surface area (Å²) in [5.41, 5.74) is 0. The normalized spacial score (nSPS) is 11.8. The number of halogens is 5. The lowest BCUT2D eigenvalue weighted by Crippen LogP contribution is -2.12. The first-order valence-corrected chi connectivity index (χ1v) is 2.59. The lowest BCUT2D eigenvalue weighted by atomic mass is 10.5. The second-order valence-corrected chi connectivity index (χ2v) is 1.76. The Balaban J connectivity index is 3.14. The van der Waals surface area contributed by atoms with Crippen LogP contribution in [0.2, 0.25) is 0 Å². The van der Waals surface area contributed by atoms with Crippen molar-refractivity contribution in [2.24, 2.45) is 0 Å². The van der Waals surface area contributed by atoms with Gasteiger partial charge in [-0.1, -0.05) is 0 Å². The van der Waals surface area contributed by atoms with Gasteiger partial charge in [-0.25, -0.2) is 4.98 Å². The van der Waals surface area contributed by atoms with Gasteiger partial charge >= 0.3 is 6.18 Å². The largest absolute Gasteiger partial charge is 0.451 e. The van der Waals surface area contributed by atoms with Crippen LogP contribution < -0.4 is 0 Å². The Morgan fingerprint density at radius 3 is 2.17 bits per heavy atom. The van der Waals surface area contributed by atoms with Crippen LogP contribution in [0.3, 0.4) is 0 Å². The molecule has 1 rings (SSSR count). The predicted octanol–water partition coefficient (Wildman–Crippen LogP) is 1.57. The molecule has 0 aliphatic heterocycles. The Morgan fingerprint density at radius 1 is 1.17 bits per heavy atom. The van der Waals surface area contributed by atoms with Gasteiger partial charge in [-0.2, -0.15) is 26.9 Å². The second kappa shape index (κ2) is 2.65. The highest BCUT2D eigenvalue weighted by Gasteiger charge is 2.35. The molecule has 0 aliphatic rings. The van der Waals surface area contributed by atoms with Crippen molar-refractivity contribution in [3.8, 4) is 0 Å². The number of alkyl halides is 3. The van der Waals surface area contributed by atoms with Crippen molar-refractivity contribution < 1.29 is 22.0 Å². The molecule has 0 unspecified atom stereocenters. The van der Waals surface area contributed by atoms with Crippen LogP contribution in [0.4, 0.5) is 22.0 Å². The highest BCUT2D eigenvalue weighted by atomic mass is 19.4. The van der Waals surface area contributed by atoms with E-state index in [1.807, 2.05) is 0 Å². The van der Waals surface area contributed by atoms with Gasteiger partial charge in [0.05, 0.1) is 0 Å². The lowest BCUT2D eigenvalue weighted by Gasteiger charge is -2.02. The third kappa shape index (κ3) is 1.66. The second-order valence-electron chi connectivity index (χ2n) is 1.76. The third-order valence-corrected chi connectivity index (χ3v) is 0.899. The number of hydrogen-bond acceptors (Lipinski definition) is 2. The average molecular weight is 183 g/mol. The van der Waals surface area contributed by atoms with Crippen LogP contribution in [-0.4, -0.2) is 9.97 Å². The van der Waals surface area contributed by atoms with E-state index in [1.54, 1.807) is 0 Å². The van der Waals surface area contributed by atoms with Crippen molar-refractivity contribution in [3.63, 3.8) is 0 Å². The molecule has 0 atom stereocenters. The van der Waals surface area contributed by atoms with E-state index in [0.717, 1.165) is 0 Å². The smallest absolute Gasteiger partial charge is 0.219 e. The van der Waals surface area contributed by atoms with Crippen LogP contribution in [0, 0.1) is 18.0 Å².